The second-order valence-electron chi connectivity index (χ2n) is 2.23. The summed E-state index contributed by atoms with van der Waals surface area (Å²) in [6, 6.07) is 0. The van der Waals surface area contributed by atoms with Crippen LogP contribution in [0, 0.1) is 10.1 Å². The van der Waals surface area contributed by atoms with E-state index in [9.17, 15) is 14.9 Å². The van der Waals surface area contributed by atoms with E-state index in [1.807, 2.05) is 0 Å². The molecule has 0 aliphatic heterocycles. The van der Waals surface area contributed by atoms with Crippen molar-refractivity contribution in [3.63, 3.8) is 0 Å². The number of methoxy groups -OCH3 is 1. The van der Waals surface area contributed by atoms with E-state index in [0.29, 0.717) is 0 Å². The largest absolute Gasteiger partial charge is 0.465 e. The van der Waals surface area contributed by atoms with E-state index in [4.69, 9.17) is 23.2 Å². The summed E-state index contributed by atoms with van der Waals surface area (Å²) >= 11 is 10.9. The highest BCUT2D eigenvalue weighted by Gasteiger charge is 2.29. The number of carbonyl (C=O) groups is 1. The Morgan fingerprint density at radius 3 is 2.53 bits per heavy atom. The van der Waals surface area contributed by atoms with Gasteiger partial charge in [-0.05, 0) is 21.5 Å². The Morgan fingerprint density at radius 2 is 2.07 bits per heavy atom. The predicted octanol–water partition coefficient (Wildman–Crippen LogP) is 1.48. The normalized spacial score (nSPS) is 9.80. The Bertz CT molecular complexity index is 437. The standard InChI is InChI=1S/C6H3Cl2N3O4/c1-15-5(12)2-3(7)9-6(8)10-4(2)11(13)14/h1H3. The number of nitro groups is 1. The molecule has 1 aromatic rings. The van der Waals surface area contributed by atoms with Gasteiger partial charge in [0.2, 0.25) is 0 Å². The fraction of sp³-hybridized carbons (Fsp3) is 0.167. The van der Waals surface area contributed by atoms with Crippen LogP contribution in [0.25, 0.3) is 0 Å². The Labute approximate surface area is 93.1 Å². The fourth-order valence-corrected chi connectivity index (χ4v) is 1.26. The van der Waals surface area contributed by atoms with Crippen LogP contribution in [0.3, 0.4) is 0 Å². The SMILES string of the molecule is COC(=O)c1c(Cl)nc(Cl)nc1[N+](=O)[O-]. The number of hydrogen-bond acceptors (Lipinski definition) is 6. The van der Waals surface area contributed by atoms with Gasteiger partial charge in [0.1, 0.15) is 0 Å². The molecule has 0 bridgehead atoms. The third-order valence-corrected chi connectivity index (χ3v) is 1.82. The molecule has 0 saturated heterocycles. The van der Waals surface area contributed by atoms with E-state index in [1.165, 1.54) is 0 Å². The Kier molecular flexibility index (Phi) is 3.38. The molecule has 0 saturated carbocycles. The molecule has 0 aliphatic carbocycles. The maximum atomic E-state index is 11.1. The number of halogens is 2. The number of carbonyl (C=O) groups excluding carboxylic acids is 1. The zero-order valence-corrected chi connectivity index (χ0v) is 8.74. The molecular formula is C6H3Cl2N3O4. The lowest BCUT2D eigenvalue weighted by Gasteiger charge is -2.01. The first-order valence-corrected chi connectivity index (χ1v) is 4.18. The molecule has 1 rings (SSSR count). The van der Waals surface area contributed by atoms with Crippen molar-refractivity contribution in [3.05, 3.63) is 26.1 Å². The van der Waals surface area contributed by atoms with Gasteiger partial charge in [-0.2, -0.15) is 4.98 Å². The minimum absolute atomic E-state index is 0.417. The van der Waals surface area contributed by atoms with Crippen molar-refractivity contribution in [2.24, 2.45) is 0 Å². The van der Waals surface area contributed by atoms with Crippen molar-refractivity contribution in [3.8, 4) is 0 Å². The number of ether oxygens (including phenoxy) is 1. The maximum absolute atomic E-state index is 11.1. The molecule has 15 heavy (non-hydrogen) atoms. The quantitative estimate of drug-likeness (QED) is 0.260. The van der Waals surface area contributed by atoms with Crippen LogP contribution >= 0.6 is 23.2 Å². The molecule has 0 aromatic carbocycles. The second-order valence-corrected chi connectivity index (χ2v) is 2.93. The zero-order valence-electron chi connectivity index (χ0n) is 7.23. The first-order valence-electron chi connectivity index (χ1n) is 3.43. The molecule has 0 fully saturated rings. The minimum Gasteiger partial charge on any atom is -0.465 e. The van der Waals surface area contributed by atoms with Crippen molar-refractivity contribution in [1.82, 2.24) is 9.97 Å². The van der Waals surface area contributed by atoms with Crippen LogP contribution in [0.2, 0.25) is 10.4 Å². The average molecular weight is 252 g/mol. The maximum Gasteiger partial charge on any atom is 0.384 e. The van der Waals surface area contributed by atoms with E-state index in [1.54, 1.807) is 0 Å². The Morgan fingerprint density at radius 1 is 1.47 bits per heavy atom. The van der Waals surface area contributed by atoms with Gasteiger partial charge in [0, 0.05) is 0 Å². The van der Waals surface area contributed by atoms with E-state index < -0.39 is 32.7 Å². The number of aromatic nitrogens is 2. The highest BCUT2D eigenvalue weighted by molar-refractivity contribution is 6.34. The van der Waals surface area contributed by atoms with E-state index in [2.05, 4.69) is 14.7 Å². The molecule has 0 unspecified atom stereocenters. The lowest BCUT2D eigenvalue weighted by atomic mass is 10.3. The van der Waals surface area contributed by atoms with Crippen LogP contribution < -0.4 is 0 Å². The van der Waals surface area contributed by atoms with Crippen molar-refractivity contribution in [2.45, 2.75) is 0 Å². The number of rotatable bonds is 2. The van der Waals surface area contributed by atoms with Crippen LogP contribution in [0.4, 0.5) is 5.82 Å². The van der Waals surface area contributed by atoms with Gasteiger partial charge >= 0.3 is 17.1 Å². The van der Waals surface area contributed by atoms with E-state index >= 15 is 0 Å². The third kappa shape index (κ3) is 2.31. The molecule has 0 amide bonds. The average Bonchev–Trinajstić information content (AvgIpc) is 2.15. The van der Waals surface area contributed by atoms with Gasteiger partial charge in [-0.25, -0.2) is 4.79 Å². The van der Waals surface area contributed by atoms with Crippen molar-refractivity contribution >= 4 is 35.0 Å². The summed E-state index contributed by atoms with van der Waals surface area (Å²) in [6.45, 7) is 0. The lowest BCUT2D eigenvalue weighted by Crippen LogP contribution is -2.09. The van der Waals surface area contributed by atoms with Gasteiger partial charge < -0.3 is 14.9 Å². The molecule has 0 aliphatic rings. The summed E-state index contributed by atoms with van der Waals surface area (Å²) in [6.07, 6.45) is 0. The van der Waals surface area contributed by atoms with Gasteiger partial charge in [-0.3, -0.25) is 0 Å². The molecule has 80 valence electrons. The monoisotopic (exact) mass is 251 g/mol. The smallest absolute Gasteiger partial charge is 0.384 e. The van der Waals surface area contributed by atoms with E-state index in [0.717, 1.165) is 7.11 Å². The number of esters is 1. The second kappa shape index (κ2) is 4.37. The summed E-state index contributed by atoms with van der Waals surface area (Å²) in [5, 5.41) is 9.70. The van der Waals surface area contributed by atoms with E-state index in [-0.39, 0.29) is 0 Å². The highest BCUT2D eigenvalue weighted by atomic mass is 35.5. The lowest BCUT2D eigenvalue weighted by molar-refractivity contribution is -0.389. The van der Waals surface area contributed by atoms with Crippen LogP contribution in [0.1, 0.15) is 10.4 Å². The van der Waals surface area contributed by atoms with Crippen LogP contribution in [0.5, 0.6) is 0 Å². The topological polar surface area (TPSA) is 95.2 Å². The molecular weight excluding hydrogens is 249 g/mol. The molecule has 1 heterocycles. The number of hydrogen-bond donors (Lipinski definition) is 0. The first kappa shape index (κ1) is 11.6. The minimum atomic E-state index is -0.997. The Hall–Kier alpha value is -1.47. The van der Waals surface area contributed by atoms with Gasteiger partial charge in [-0.15, -0.1) is 0 Å². The van der Waals surface area contributed by atoms with Gasteiger partial charge in [0.25, 0.3) is 0 Å². The summed E-state index contributed by atoms with van der Waals surface area (Å²) < 4.78 is 4.30. The molecule has 1 aromatic heterocycles. The van der Waals surface area contributed by atoms with Crippen molar-refractivity contribution < 1.29 is 14.5 Å². The first-order chi connectivity index (χ1) is 6.97. The molecule has 7 nitrogen and oxygen atoms in total. The van der Waals surface area contributed by atoms with Gasteiger partial charge in [-0.1, -0.05) is 11.6 Å². The summed E-state index contributed by atoms with van der Waals surface area (Å²) in [7, 11) is 1.05. The van der Waals surface area contributed by atoms with Crippen molar-refractivity contribution in [1.29, 1.82) is 0 Å². The van der Waals surface area contributed by atoms with Gasteiger partial charge in [0.15, 0.2) is 10.7 Å². The number of nitrogens with zero attached hydrogens (tertiary/aromatic N) is 3. The van der Waals surface area contributed by atoms with Crippen LogP contribution in [-0.4, -0.2) is 28.0 Å². The van der Waals surface area contributed by atoms with Crippen LogP contribution in [-0.2, 0) is 4.74 Å². The highest BCUT2D eigenvalue weighted by Crippen LogP contribution is 2.25. The molecule has 0 N–H and O–H groups in total. The summed E-state index contributed by atoms with van der Waals surface area (Å²) in [4.78, 5) is 27.4. The molecule has 0 radical (unpaired) electrons. The molecule has 0 spiro atoms. The zero-order chi connectivity index (χ0) is 11.6. The molecule has 9 heteroatoms. The van der Waals surface area contributed by atoms with Crippen LogP contribution in [0.15, 0.2) is 0 Å². The third-order valence-electron chi connectivity index (χ3n) is 1.38. The van der Waals surface area contributed by atoms with Gasteiger partial charge in [0.05, 0.1) is 7.11 Å². The van der Waals surface area contributed by atoms with Crippen molar-refractivity contribution in [2.75, 3.05) is 7.11 Å². The summed E-state index contributed by atoms with van der Waals surface area (Å²) in [5.74, 6) is -1.78. The fourth-order valence-electron chi connectivity index (χ4n) is 0.807. The Balaban J connectivity index is 3.46. The molecule has 0 atom stereocenters. The predicted molar refractivity (Wildman–Crippen MR) is 50.0 cm³/mol. The summed E-state index contributed by atoms with van der Waals surface area (Å²) in [5.41, 5.74) is -0.520.